The van der Waals surface area contributed by atoms with E-state index in [0.29, 0.717) is 12.1 Å². The Balaban J connectivity index is 1.48. The predicted molar refractivity (Wildman–Crippen MR) is 105 cm³/mol. The minimum absolute atomic E-state index is 0.0265. The molecule has 29 heavy (non-hydrogen) atoms. The van der Waals surface area contributed by atoms with Gasteiger partial charge in [-0.2, -0.15) is 0 Å². The number of benzene rings is 1. The number of hydrogen-bond donors (Lipinski definition) is 3. The Morgan fingerprint density at radius 3 is 2.90 bits per heavy atom. The summed E-state index contributed by atoms with van der Waals surface area (Å²) in [6.07, 6.45) is 2.08. The van der Waals surface area contributed by atoms with Crippen molar-refractivity contribution in [3.63, 3.8) is 0 Å². The maximum absolute atomic E-state index is 13.2. The summed E-state index contributed by atoms with van der Waals surface area (Å²) >= 11 is 1.14. The van der Waals surface area contributed by atoms with E-state index in [2.05, 4.69) is 15.6 Å². The Morgan fingerprint density at radius 1 is 1.31 bits per heavy atom. The maximum atomic E-state index is 13.2. The number of urea groups is 1. The number of nitrogens with one attached hydrogen (secondary N) is 2. The van der Waals surface area contributed by atoms with E-state index < -0.39 is 35.8 Å². The van der Waals surface area contributed by atoms with Crippen LogP contribution in [0.5, 0.6) is 0 Å². The fraction of sp³-hybridized carbons (Fsp3) is 0.316. The van der Waals surface area contributed by atoms with Crippen molar-refractivity contribution >= 4 is 40.2 Å². The van der Waals surface area contributed by atoms with E-state index in [0.717, 1.165) is 40.2 Å². The fourth-order valence-corrected chi connectivity index (χ4v) is 4.61. The molecule has 1 spiro atoms. The van der Waals surface area contributed by atoms with Crippen LogP contribution in [-0.2, 0) is 32.8 Å². The van der Waals surface area contributed by atoms with Gasteiger partial charge in [-0.25, -0.2) is 9.78 Å². The van der Waals surface area contributed by atoms with Crippen LogP contribution in [0.15, 0.2) is 29.6 Å². The number of rotatable bonds is 5. The second kappa shape index (κ2) is 7.28. The second-order valence-electron chi connectivity index (χ2n) is 7.07. The Labute approximate surface area is 170 Å². The zero-order valence-electron chi connectivity index (χ0n) is 15.4. The molecule has 4 N–H and O–H groups in total. The van der Waals surface area contributed by atoms with Crippen molar-refractivity contribution in [3.05, 3.63) is 46.5 Å². The molecule has 2 aromatic rings. The summed E-state index contributed by atoms with van der Waals surface area (Å²) in [7, 11) is 0. The number of aromatic nitrogens is 1. The molecule has 1 saturated heterocycles. The number of thiazole rings is 1. The molecule has 1 fully saturated rings. The summed E-state index contributed by atoms with van der Waals surface area (Å²) in [5.41, 5.74) is 6.29. The van der Waals surface area contributed by atoms with E-state index in [1.807, 2.05) is 24.3 Å². The lowest BCUT2D eigenvalue weighted by atomic mass is 9.76. The number of nitrogens with two attached hydrogens (primary N) is 1. The highest BCUT2D eigenvalue weighted by atomic mass is 32.1. The Kier molecular flexibility index (Phi) is 4.79. The maximum Gasteiger partial charge on any atom is 0.325 e. The summed E-state index contributed by atoms with van der Waals surface area (Å²) in [4.78, 5) is 54.1. The highest BCUT2D eigenvalue weighted by Crippen LogP contribution is 2.39. The Morgan fingerprint density at radius 2 is 2.10 bits per heavy atom. The molecule has 1 aromatic carbocycles. The highest BCUT2D eigenvalue weighted by Gasteiger charge is 2.54. The second-order valence-corrected chi connectivity index (χ2v) is 7.93. The number of anilines is 1. The number of amides is 5. The summed E-state index contributed by atoms with van der Waals surface area (Å²) in [6, 6.07) is 6.97. The van der Waals surface area contributed by atoms with E-state index in [9.17, 15) is 19.2 Å². The van der Waals surface area contributed by atoms with Crippen molar-refractivity contribution in [1.29, 1.82) is 0 Å². The van der Waals surface area contributed by atoms with Gasteiger partial charge in [-0.1, -0.05) is 24.3 Å². The number of imide groups is 1. The quantitative estimate of drug-likeness (QED) is 0.626. The van der Waals surface area contributed by atoms with Crippen molar-refractivity contribution in [2.45, 2.75) is 31.2 Å². The smallest absolute Gasteiger partial charge is 0.325 e. The van der Waals surface area contributed by atoms with Crippen LogP contribution < -0.4 is 16.4 Å². The molecule has 4 rings (SSSR count). The third-order valence-electron chi connectivity index (χ3n) is 5.11. The van der Waals surface area contributed by atoms with Gasteiger partial charge in [0.05, 0.1) is 12.1 Å². The first-order valence-corrected chi connectivity index (χ1v) is 10.0. The van der Waals surface area contributed by atoms with E-state index >= 15 is 0 Å². The molecular weight excluding hydrogens is 394 g/mol. The molecular formula is C19H19N5O4S. The van der Waals surface area contributed by atoms with Gasteiger partial charge >= 0.3 is 6.03 Å². The molecule has 0 saturated carbocycles. The van der Waals surface area contributed by atoms with E-state index in [1.54, 1.807) is 5.38 Å². The van der Waals surface area contributed by atoms with Gasteiger partial charge in [-0.15, -0.1) is 11.3 Å². The topological polar surface area (TPSA) is 134 Å². The molecule has 9 nitrogen and oxygen atoms in total. The van der Waals surface area contributed by atoms with Gasteiger partial charge in [-0.3, -0.25) is 19.3 Å². The summed E-state index contributed by atoms with van der Waals surface area (Å²) < 4.78 is 0. The number of fused-ring (bicyclic) bond motifs is 2. The Hall–Kier alpha value is -3.27. The van der Waals surface area contributed by atoms with Crippen molar-refractivity contribution in [3.8, 4) is 0 Å². The van der Waals surface area contributed by atoms with Gasteiger partial charge in [0, 0.05) is 5.38 Å². The lowest BCUT2D eigenvalue weighted by molar-refractivity contribution is -0.134. The van der Waals surface area contributed by atoms with Crippen LogP contribution in [0.4, 0.5) is 9.93 Å². The van der Waals surface area contributed by atoms with Crippen molar-refractivity contribution in [2.24, 2.45) is 5.73 Å². The molecule has 5 amide bonds. The van der Waals surface area contributed by atoms with Crippen LogP contribution in [0.2, 0.25) is 0 Å². The number of primary amides is 1. The normalized spacial score (nSPS) is 20.5. The number of hydrogen-bond acceptors (Lipinski definition) is 6. The number of carbonyl (C=O) groups is 4. The average Bonchev–Trinajstić information content (AvgIpc) is 3.20. The molecule has 150 valence electrons. The summed E-state index contributed by atoms with van der Waals surface area (Å²) in [5.74, 6) is -1.49. The van der Waals surface area contributed by atoms with Gasteiger partial charge < -0.3 is 16.4 Å². The molecule has 2 aliphatic rings. The highest BCUT2D eigenvalue weighted by molar-refractivity contribution is 7.13. The molecule has 1 aliphatic carbocycles. The molecule has 1 unspecified atom stereocenters. The molecule has 0 radical (unpaired) electrons. The molecule has 10 heteroatoms. The largest absolute Gasteiger partial charge is 0.369 e. The molecule has 2 heterocycles. The lowest BCUT2D eigenvalue weighted by Gasteiger charge is -2.33. The van der Waals surface area contributed by atoms with Gasteiger partial charge in [-0.05, 0) is 30.4 Å². The third-order valence-corrected chi connectivity index (χ3v) is 5.91. The van der Waals surface area contributed by atoms with Crippen molar-refractivity contribution in [2.75, 3.05) is 11.9 Å². The zero-order valence-corrected chi connectivity index (χ0v) is 16.3. The zero-order chi connectivity index (χ0) is 20.6. The van der Waals surface area contributed by atoms with Crippen LogP contribution in [0, 0.1) is 0 Å². The number of carbonyl (C=O) groups excluding carboxylic acids is 4. The van der Waals surface area contributed by atoms with Crippen LogP contribution in [-0.4, -0.2) is 40.2 Å². The van der Waals surface area contributed by atoms with E-state index in [-0.39, 0.29) is 11.6 Å². The van der Waals surface area contributed by atoms with Gasteiger partial charge in [0.25, 0.3) is 5.91 Å². The lowest BCUT2D eigenvalue weighted by Crippen LogP contribution is -2.47. The van der Waals surface area contributed by atoms with Gasteiger partial charge in [0.2, 0.25) is 11.8 Å². The molecule has 1 aromatic heterocycles. The van der Waals surface area contributed by atoms with Crippen LogP contribution >= 0.6 is 11.3 Å². The Bertz CT molecular complexity index is 1020. The molecule has 1 atom stereocenters. The monoisotopic (exact) mass is 413 g/mol. The van der Waals surface area contributed by atoms with Gasteiger partial charge in [0.1, 0.15) is 12.1 Å². The predicted octanol–water partition coefficient (Wildman–Crippen LogP) is 0.893. The fourth-order valence-electron chi connectivity index (χ4n) is 3.88. The first-order chi connectivity index (χ1) is 13.9. The third kappa shape index (κ3) is 3.46. The average molecular weight is 413 g/mol. The minimum Gasteiger partial charge on any atom is -0.369 e. The standard InChI is InChI=1S/C19H19N5O4S/c20-14(25)8-12-10-29-17(21-12)22-15(26)9-24-16(27)19(23-18(24)28)7-3-5-11-4-1-2-6-13(11)19/h1-2,4,6,10H,3,5,7-9H2,(H2,20,25)(H,23,28)(H,21,22,26). The molecule has 0 bridgehead atoms. The summed E-state index contributed by atoms with van der Waals surface area (Å²) in [6.45, 7) is -0.417. The first-order valence-electron chi connectivity index (χ1n) is 9.14. The minimum atomic E-state index is -1.11. The number of nitrogens with zero attached hydrogens (tertiary/aromatic N) is 2. The van der Waals surface area contributed by atoms with Gasteiger partial charge in [0.15, 0.2) is 5.13 Å². The van der Waals surface area contributed by atoms with Crippen LogP contribution in [0.1, 0.15) is 29.7 Å². The number of aryl methyl sites for hydroxylation is 1. The van der Waals surface area contributed by atoms with E-state index in [4.69, 9.17) is 5.73 Å². The molecule has 1 aliphatic heterocycles. The SMILES string of the molecule is NC(=O)Cc1csc(NC(=O)CN2C(=O)NC3(CCCc4ccccc43)C2=O)n1. The van der Waals surface area contributed by atoms with Crippen LogP contribution in [0.25, 0.3) is 0 Å². The van der Waals surface area contributed by atoms with E-state index in [1.165, 1.54) is 0 Å². The van der Waals surface area contributed by atoms with Crippen LogP contribution in [0.3, 0.4) is 0 Å². The first kappa shape index (κ1) is 19.1. The van der Waals surface area contributed by atoms with Crippen molar-refractivity contribution < 1.29 is 19.2 Å². The summed E-state index contributed by atoms with van der Waals surface area (Å²) in [5, 5.41) is 7.26. The van der Waals surface area contributed by atoms with Crippen molar-refractivity contribution in [1.82, 2.24) is 15.2 Å².